The lowest BCUT2D eigenvalue weighted by molar-refractivity contribution is 0.00133. The standard InChI is InChI=1S/C12H25NO/c1-10-5-6-12(9-11(10)2)14-8-4-3-7-13/h10-12H,3-9,13H2,1-2H3. The first kappa shape index (κ1) is 12.0. The largest absolute Gasteiger partial charge is 0.378 e. The van der Waals surface area contributed by atoms with E-state index in [1.807, 2.05) is 0 Å². The van der Waals surface area contributed by atoms with E-state index in [0.29, 0.717) is 6.10 Å². The molecule has 3 atom stereocenters. The summed E-state index contributed by atoms with van der Waals surface area (Å²) in [6, 6.07) is 0. The minimum Gasteiger partial charge on any atom is -0.378 e. The molecule has 84 valence electrons. The average molecular weight is 199 g/mol. The van der Waals surface area contributed by atoms with Gasteiger partial charge in [0.1, 0.15) is 0 Å². The van der Waals surface area contributed by atoms with E-state index in [1.165, 1.54) is 19.3 Å². The Balaban J connectivity index is 2.07. The number of hydrogen-bond acceptors (Lipinski definition) is 2. The normalized spacial score (nSPS) is 33.2. The van der Waals surface area contributed by atoms with Gasteiger partial charge >= 0.3 is 0 Å². The number of nitrogens with two attached hydrogens (primary N) is 1. The van der Waals surface area contributed by atoms with Crippen LogP contribution in [0.25, 0.3) is 0 Å². The molecule has 1 fully saturated rings. The van der Waals surface area contributed by atoms with Crippen LogP contribution in [0.5, 0.6) is 0 Å². The van der Waals surface area contributed by atoms with E-state index < -0.39 is 0 Å². The predicted octanol–water partition coefficient (Wildman–Crippen LogP) is 2.57. The summed E-state index contributed by atoms with van der Waals surface area (Å²) in [6.07, 6.45) is 6.59. The molecule has 2 heteroatoms. The van der Waals surface area contributed by atoms with Crippen LogP contribution < -0.4 is 5.73 Å². The molecule has 1 rings (SSSR count). The first-order valence-electron chi connectivity index (χ1n) is 6.05. The fourth-order valence-corrected chi connectivity index (χ4v) is 2.15. The van der Waals surface area contributed by atoms with Crippen LogP contribution in [0.3, 0.4) is 0 Å². The number of rotatable bonds is 5. The van der Waals surface area contributed by atoms with E-state index in [2.05, 4.69) is 13.8 Å². The van der Waals surface area contributed by atoms with Crippen molar-refractivity contribution in [2.24, 2.45) is 17.6 Å². The maximum Gasteiger partial charge on any atom is 0.0577 e. The molecular weight excluding hydrogens is 174 g/mol. The van der Waals surface area contributed by atoms with Gasteiger partial charge in [-0.05, 0) is 50.5 Å². The smallest absolute Gasteiger partial charge is 0.0577 e. The first-order valence-corrected chi connectivity index (χ1v) is 6.05. The van der Waals surface area contributed by atoms with Gasteiger partial charge in [-0.3, -0.25) is 0 Å². The Kier molecular flexibility index (Phi) is 5.49. The maximum absolute atomic E-state index is 5.85. The Morgan fingerprint density at radius 2 is 1.93 bits per heavy atom. The van der Waals surface area contributed by atoms with Crippen molar-refractivity contribution in [2.75, 3.05) is 13.2 Å². The highest BCUT2D eigenvalue weighted by Gasteiger charge is 2.24. The van der Waals surface area contributed by atoms with Crippen LogP contribution in [-0.4, -0.2) is 19.3 Å². The second kappa shape index (κ2) is 6.41. The predicted molar refractivity (Wildman–Crippen MR) is 60.2 cm³/mol. The van der Waals surface area contributed by atoms with Crippen molar-refractivity contribution in [3.05, 3.63) is 0 Å². The fourth-order valence-electron chi connectivity index (χ4n) is 2.15. The van der Waals surface area contributed by atoms with Gasteiger partial charge in [0, 0.05) is 6.61 Å². The zero-order valence-corrected chi connectivity index (χ0v) is 9.67. The molecule has 1 aliphatic rings. The number of ether oxygens (including phenoxy) is 1. The molecule has 2 nitrogen and oxygen atoms in total. The van der Waals surface area contributed by atoms with Crippen molar-refractivity contribution in [1.82, 2.24) is 0 Å². The quantitative estimate of drug-likeness (QED) is 0.691. The van der Waals surface area contributed by atoms with Crippen LogP contribution in [0.4, 0.5) is 0 Å². The Labute approximate surface area is 88.2 Å². The molecule has 0 amide bonds. The van der Waals surface area contributed by atoms with Crippen LogP contribution >= 0.6 is 0 Å². The first-order chi connectivity index (χ1) is 6.74. The molecule has 0 aromatic rings. The molecule has 0 spiro atoms. The van der Waals surface area contributed by atoms with E-state index in [-0.39, 0.29) is 0 Å². The molecule has 0 aromatic carbocycles. The molecule has 1 aliphatic carbocycles. The van der Waals surface area contributed by atoms with Gasteiger partial charge in [0.15, 0.2) is 0 Å². The van der Waals surface area contributed by atoms with Crippen LogP contribution in [0.1, 0.15) is 46.0 Å². The number of unbranched alkanes of at least 4 members (excludes halogenated alkanes) is 1. The Morgan fingerprint density at radius 3 is 2.57 bits per heavy atom. The SMILES string of the molecule is CC1CCC(OCCCCN)CC1C. The van der Waals surface area contributed by atoms with Crippen molar-refractivity contribution in [3.63, 3.8) is 0 Å². The summed E-state index contributed by atoms with van der Waals surface area (Å²) in [5.74, 6) is 1.72. The lowest BCUT2D eigenvalue weighted by Crippen LogP contribution is -2.27. The van der Waals surface area contributed by atoms with Gasteiger partial charge in [0.25, 0.3) is 0 Å². The molecule has 0 bridgehead atoms. The highest BCUT2D eigenvalue weighted by Crippen LogP contribution is 2.30. The van der Waals surface area contributed by atoms with Crippen LogP contribution in [0, 0.1) is 11.8 Å². The van der Waals surface area contributed by atoms with Gasteiger partial charge in [-0.2, -0.15) is 0 Å². The minimum atomic E-state index is 0.527. The Bertz CT molecular complexity index is 149. The lowest BCUT2D eigenvalue weighted by Gasteiger charge is -2.31. The van der Waals surface area contributed by atoms with Crippen LogP contribution in [0.15, 0.2) is 0 Å². The summed E-state index contributed by atoms with van der Waals surface area (Å²) >= 11 is 0. The molecule has 0 heterocycles. The molecule has 0 aliphatic heterocycles. The highest BCUT2D eigenvalue weighted by molar-refractivity contribution is 4.75. The third kappa shape index (κ3) is 3.97. The van der Waals surface area contributed by atoms with E-state index in [9.17, 15) is 0 Å². The second-order valence-electron chi connectivity index (χ2n) is 4.76. The summed E-state index contributed by atoms with van der Waals surface area (Å²) in [7, 11) is 0. The summed E-state index contributed by atoms with van der Waals surface area (Å²) in [5.41, 5.74) is 5.43. The summed E-state index contributed by atoms with van der Waals surface area (Å²) < 4.78 is 5.85. The van der Waals surface area contributed by atoms with Gasteiger partial charge in [-0.1, -0.05) is 13.8 Å². The van der Waals surface area contributed by atoms with E-state index in [4.69, 9.17) is 10.5 Å². The van der Waals surface area contributed by atoms with E-state index >= 15 is 0 Å². The van der Waals surface area contributed by atoms with E-state index in [1.54, 1.807) is 0 Å². The van der Waals surface area contributed by atoms with Gasteiger partial charge in [-0.25, -0.2) is 0 Å². The zero-order chi connectivity index (χ0) is 10.4. The summed E-state index contributed by atoms with van der Waals surface area (Å²) in [4.78, 5) is 0. The molecule has 2 N–H and O–H groups in total. The van der Waals surface area contributed by atoms with Crippen molar-refractivity contribution in [1.29, 1.82) is 0 Å². The van der Waals surface area contributed by atoms with Crippen molar-refractivity contribution >= 4 is 0 Å². The average Bonchev–Trinajstić information content (AvgIpc) is 2.18. The fraction of sp³-hybridized carbons (Fsp3) is 1.00. The Hall–Kier alpha value is -0.0800. The molecule has 0 radical (unpaired) electrons. The van der Waals surface area contributed by atoms with Crippen molar-refractivity contribution < 1.29 is 4.74 Å². The zero-order valence-electron chi connectivity index (χ0n) is 9.67. The Morgan fingerprint density at radius 1 is 1.14 bits per heavy atom. The number of hydrogen-bond donors (Lipinski definition) is 1. The molecular formula is C12H25NO. The molecule has 0 aromatic heterocycles. The summed E-state index contributed by atoms with van der Waals surface area (Å²) in [6.45, 7) is 6.40. The summed E-state index contributed by atoms with van der Waals surface area (Å²) in [5, 5.41) is 0. The highest BCUT2D eigenvalue weighted by atomic mass is 16.5. The van der Waals surface area contributed by atoms with Gasteiger partial charge in [0.2, 0.25) is 0 Å². The van der Waals surface area contributed by atoms with Crippen LogP contribution in [0.2, 0.25) is 0 Å². The second-order valence-corrected chi connectivity index (χ2v) is 4.76. The monoisotopic (exact) mass is 199 g/mol. The molecule has 14 heavy (non-hydrogen) atoms. The van der Waals surface area contributed by atoms with Gasteiger partial charge in [0.05, 0.1) is 6.10 Å². The van der Waals surface area contributed by atoms with Crippen molar-refractivity contribution in [3.8, 4) is 0 Å². The van der Waals surface area contributed by atoms with Gasteiger partial charge < -0.3 is 10.5 Å². The molecule has 1 saturated carbocycles. The lowest BCUT2D eigenvalue weighted by atomic mass is 9.80. The molecule has 3 unspecified atom stereocenters. The maximum atomic E-state index is 5.85. The topological polar surface area (TPSA) is 35.2 Å². The third-order valence-corrected chi connectivity index (χ3v) is 3.50. The minimum absolute atomic E-state index is 0.527. The molecule has 0 saturated heterocycles. The van der Waals surface area contributed by atoms with Gasteiger partial charge in [-0.15, -0.1) is 0 Å². The van der Waals surface area contributed by atoms with Crippen molar-refractivity contribution in [2.45, 2.75) is 52.1 Å². The van der Waals surface area contributed by atoms with E-state index in [0.717, 1.165) is 37.8 Å². The third-order valence-electron chi connectivity index (χ3n) is 3.50. The van der Waals surface area contributed by atoms with Crippen LogP contribution in [-0.2, 0) is 4.74 Å².